The number of aromatic nitrogens is 2. The van der Waals surface area contributed by atoms with Crippen molar-refractivity contribution in [1.29, 1.82) is 0 Å². The molecule has 2 aromatic heterocycles. The van der Waals surface area contributed by atoms with Gasteiger partial charge in [-0.2, -0.15) is 0 Å². The van der Waals surface area contributed by atoms with E-state index in [1.165, 1.54) is 47.2 Å². The van der Waals surface area contributed by atoms with E-state index in [-0.39, 0.29) is 23.8 Å². The van der Waals surface area contributed by atoms with Crippen LogP contribution in [-0.4, -0.2) is 35.3 Å². The maximum Gasteiger partial charge on any atom is 0.334 e. The third-order valence-electron chi connectivity index (χ3n) is 8.32. The van der Waals surface area contributed by atoms with Crippen LogP contribution in [0.2, 0.25) is 0 Å². The van der Waals surface area contributed by atoms with Gasteiger partial charge in [-0.05, 0) is 61.8 Å². The second kappa shape index (κ2) is 12.0. The molecule has 0 radical (unpaired) electrons. The van der Waals surface area contributed by atoms with Gasteiger partial charge in [0, 0.05) is 71.3 Å². The first-order valence-corrected chi connectivity index (χ1v) is 14.1. The number of esters is 2. The lowest BCUT2D eigenvalue weighted by molar-refractivity contribution is -0.137. The van der Waals surface area contributed by atoms with E-state index in [9.17, 15) is 9.59 Å². The Kier molecular flexibility index (Phi) is 8.24. The average molecular weight is 539 g/mol. The van der Waals surface area contributed by atoms with E-state index in [0.29, 0.717) is 0 Å². The molecule has 40 heavy (non-hydrogen) atoms. The lowest BCUT2D eigenvalue weighted by Gasteiger charge is -2.22. The Labute approximate surface area is 235 Å². The summed E-state index contributed by atoms with van der Waals surface area (Å²) >= 11 is 0. The van der Waals surface area contributed by atoms with Crippen molar-refractivity contribution >= 4 is 33.7 Å². The van der Waals surface area contributed by atoms with Gasteiger partial charge in [-0.1, -0.05) is 48.6 Å². The molecule has 0 saturated carbocycles. The van der Waals surface area contributed by atoms with Crippen LogP contribution in [0.15, 0.2) is 84.2 Å². The van der Waals surface area contributed by atoms with Crippen molar-refractivity contribution in [3.05, 3.63) is 95.3 Å². The quantitative estimate of drug-likeness (QED) is 0.260. The van der Waals surface area contributed by atoms with Crippen LogP contribution in [0.1, 0.15) is 61.5 Å². The topological polar surface area (TPSA) is 62.5 Å². The number of allylic oxidation sites excluding steroid dienone is 2. The summed E-state index contributed by atoms with van der Waals surface area (Å²) in [5, 5.41) is 2.47. The smallest absolute Gasteiger partial charge is 0.334 e. The third-order valence-corrected chi connectivity index (χ3v) is 8.32. The van der Waals surface area contributed by atoms with Crippen LogP contribution in [-0.2, 0) is 33.2 Å². The maximum atomic E-state index is 12.0. The van der Waals surface area contributed by atoms with Crippen molar-refractivity contribution in [2.24, 2.45) is 14.1 Å². The van der Waals surface area contributed by atoms with Crippen molar-refractivity contribution < 1.29 is 19.1 Å². The Balaban J connectivity index is 0.000000161. The summed E-state index contributed by atoms with van der Waals surface area (Å²) < 4.78 is 14.2. The molecule has 0 saturated heterocycles. The molecule has 2 heterocycles. The van der Waals surface area contributed by atoms with Crippen LogP contribution < -0.4 is 0 Å². The minimum Gasteiger partial charge on any atom is -0.466 e. The number of carbonyl (C=O) groups is 2. The number of methoxy groups -OCH3 is 2. The molecule has 0 unspecified atom stereocenters. The summed E-state index contributed by atoms with van der Waals surface area (Å²) in [4.78, 5) is 24.0. The molecule has 0 N–H and O–H groups in total. The molecule has 4 aromatic rings. The van der Waals surface area contributed by atoms with Gasteiger partial charge in [0.25, 0.3) is 0 Å². The highest BCUT2D eigenvalue weighted by Gasteiger charge is 2.29. The van der Waals surface area contributed by atoms with E-state index < -0.39 is 0 Å². The molecule has 6 nitrogen and oxygen atoms in total. The van der Waals surface area contributed by atoms with Crippen LogP contribution in [0.5, 0.6) is 0 Å². The zero-order valence-electron chi connectivity index (χ0n) is 23.9. The van der Waals surface area contributed by atoms with Crippen molar-refractivity contribution in [2.45, 2.75) is 50.4 Å². The Morgan fingerprint density at radius 1 is 0.675 bits per heavy atom. The Morgan fingerprint density at radius 3 is 1.48 bits per heavy atom. The molecule has 0 amide bonds. The number of para-hydroxylation sites is 2. The first kappa shape index (κ1) is 27.5. The van der Waals surface area contributed by atoms with E-state index in [4.69, 9.17) is 9.47 Å². The molecule has 2 atom stereocenters. The van der Waals surface area contributed by atoms with Crippen LogP contribution >= 0.6 is 0 Å². The van der Waals surface area contributed by atoms with E-state index in [0.717, 1.165) is 49.7 Å². The summed E-state index contributed by atoms with van der Waals surface area (Å²) in [7, 11) is 7.02. The lowest BCUT2D eigenvalue weighted by Crippen LogP contribution is -2.16. The fourth-order valence-corrected chi connectivity index (χ4v) is 6.39. The van der Waals surface area contributed by atoms with Crippen LogP contribution in [0.4, 0.5) is 0 Å². The van der Waals surface area contributed by atoms with Crippen molar-refractivity contribution in [1.82, 2.24) is 9.13 Å². The zero-order valence-corrected chi connectivity index (χ0v) is 23.9. The molecule has 6 rings (SSSR count). The van der Waals surface area contributed by atoms with Crippen molar-refractivity contribution in [3.8, 4) is 0 Å². The van der Waals surface area contributed by atoms with Crippen LogP contribution in [0.25, 0.3) is 21.8 Å². The molecule has 0 bridgehead atoms. The number of rotatable bonds is 4. The zero-order chi connectivity index (χ0) is 28.2. The van der Waals surface area contributed by atoms with Gasteiger partial charge in [0.15, 0.2) is 0 Å². The van der Waals surface area contributed by atoms with Crippen LogP contribution in [0, 0.1) is 0 Å². The van der Waals surface area contributed by atoms with Gasteiger partial charge in [-0.25, -0.2) is 9.59 Å². The average Bonchev–Trinajstić information content (AvgIpc) is 3.53. The molecule has 6 heteroatoms. The predicted octanol–water partition coefficient (Wildman–Crippen LogP) is 7.09. The van der Waals surface area contributed by atoms with E-state index in [1.54, 1.807) is 0 Å². The number of benzene rings is 2. The van der Waals surface area contributed by atoms with Crippen molar-refractivity contribution in [2.75, 3.05) is 14.2 Å². The Hall–Kier alpha value is -4.06. The minimum absolute atomic E-state index is 0.155. The summed E-state index contributed by atoms with van der Waals surface area (Å²) in [6, 6.07) is 16.7. The minimum atomic E-state index is -0.192. The molecular weight excluding hydrogens is 500 g/mol. The number of ether oxygens (including phenoxy) is 2. The summed E-state index contributed by atoms with van der Waals surface area (Å²) in [6.07, 6.45) is 14.6. The molecule has 208 valence electrons. The molecule has 2 aliphatic rings. The molecule has 0 spiro atoms. The van der Waals surface area contributed by atoms with Gasteiger partial charge < -0.3 is 18.6 Å². The number of aryl methyl sites for hydroxylation is 2. The van der Waals surface area contributed by atoms with Gasteiger partial charge in [0.05, 0.1) is 14.2 Å². The summed E-state index contributed by atoms with van der Waals surface area (Å²) in [5.74, 6) is -0.0742. The predicted molar refractivity (Wildman–Crippen MR) is 159 cm³/mol. The third kappa shape index (κ3) is 5.23. The molecule has 2 aliphatic carbocycles. The van der Waals surface area contributed by atoms with E-state index in [2.05, 4.69) is 72.0 Å². The van der Waals surface area contributed by atoms with Gasteiger partial charge in [-0.15, -0.1) is 0 Å². The SMILES string of the molecule is COC(=O)C1=CCCC[C@@H]1c1cn(C)c2ccccc12.COC(=O)C1=CCCC[C@H]1c1cn(C)c2ccccc12. The fraction of sp³-hybridized carbons (Fsp3) is 0.353. The number of carbonyl (C=O) groups excluding carboxylic acids is 2. The molecule has 0 aliphatic heterocycles. The number of hydrogen-bond donors (Lipinski definition) is 0. The lowest BCUT2D eigenvalue weighted by atomic mass is 9.82. The first-order chi connectivity index (χ1) is 19.4. The first-order valence-electron chi connectivity index (χ1n) is 14.1. The monoisotopic (exact) mass is 538 g/mol. The normalized spacial score (nSPS) is 18.9. The number of nitrogens with zero attached hydrogens (tertiary/aromatic N) is 2. The van der Waals surface area contributed by atoms with Crippen molar-refractivity contribution in [3.63, 3.8) is 0 Å². The fourth-order valence-electron chi connectivity index (χ4n) is 6.39. The van der Waals surface area contributed by atoms with Gasteiger partial charge >= 0.3 is 11.9 Å². The summed E-state index contributed by atoms with van der Waals surface area (Å²) in [6.45, 7) is 0. The summed E-state index contributed by atoms with van der Waals surface area (Å²) in [5.41, 5.74) is 6.51. The highest BCUT2D eigenvalue weighted by Crippen LogP contribution is 2.40. The van der Waals surface area contributed by atoms with E-state index >= 15 is 0 Å². The number of hydrogen-bond acceptors (Lipinski definition) is 4. The highest BCUT2D eigenvalue weighted by molar-refractivity contribution is 5.94. The second-order valence-electron chi connectivity index (χ2n) is 10.7. The van der Waals surface area contributed by atoms with Gasteiger partial charge in [-0.3, -0.25) is 0 Å². The van der Waals surface area contributed by atoms with Gasteiger partial charge in [0.2, 0.25) is 0 Å². The molecule has 2 aromatic carbocycles. The number of fused-ring (bicyclic) bond motifs is 2. The highest BCUT2D eigenvalue weighted by atomic mass is 16.5. The standard InChI is InChI=1S/2C17H19NO2/c2*1-18-11-15(13-8-5-6-10-16(13)18)12-7-3-4-9-14(12)17(19)20-2/h2*5-6,8-12H,3-4,7H2,1-2H3/t2*12-/m10/s1. The molecule has 0 fully saturated rings. The maximum absolute atomic E-state index is 12.0. The Morgan fingerprint density at radius 2 is 1.07 bits per heavy atom. The van der Waals surface area contributed by atoms with E-state index in [1.807, 2.05) is 24.3 Å². The second-order valence-corrected chi connectivity index (χ2v) is 10.7. The van der Waals surface area contributed by atoms with Crippen LogP contribution in [0.3, 0.4) is 0 Å². The van der Waals surface area contributed by atoms with Gasteiger partial charge in [0.1, 0.15) is 0 Å². The molecular formula is C34H38N2O4. The largest absolute Gasteiger partial charge is 0.466 e. The Bertz CT molecular complexity index is 1480.